The highest BCUT2D eigenvalue weighted by molar-refractivity contribution is 7.86. The number of aromatic nitrogens is 1. The van der Waals surface area contributed by atoms with Crippen molar-refractivity contribution in [2.45, 2.75) is 51.7 Å². The minimum Gasteiger partial charge on any atom is -0.748 e. The normalized spacial score (nSPS) is 15.6. The molecule has 4 aromatic rings. The number of carbonyl (C=O) groups excluding carboxylic acids is 3. The standard InChI is InChI=1S/C47H51N9O13S3/c1-46(2)21-28(25-71(63,64)65)33-17-36-40(19-38(33)55(46)6)69-41-20-39-34(29(26-72(66,67)68)22-47(3,4)56(39)7)18-37(41)43(36)32-11-8-27(16-35(32)45(59)54(5)14-15-70(60,61)62)44(58)49-13-12-42(57)52-31-10-9-30(50-23-31)24-51-53-48/h8-11,16-23H,12-15,24-26H2,1-7H3,(H4-,49,52,57,58,60,61,62,63,64,65,66,67,68). The Morgan fingerprint density at radius 1 is 0.903 bits per heavy atom. The Morgan fingerprint density at radius 3 is 2.25 bits per heavy atom. The maximum absolute atomic E-state index is 14.8. The van der Waals surface area contributed by atoms with Crippen LogP contribution in [0, 0.1) is 0 Å². The fourth-order valence-electron chi connectivity index (χ4n) is 8.72. The van der Waals surface area contributed by atoms with Gasteiger partial charge in [0.1, 0.15) is 24.3 Å². The number of benzene rings is 3. The number of anilines is 2. The van der Waals surface area contributed by atoms with Crippen LogP contribution < -0.4 is 35.4 Å². The molecule has 380 valence electrons. The fourth-order valence-corrected chi connectivity index (χ4v) is 10.5. The van der Waals surface area contributed by atoms with E-state index < -0.39 is 83.0 Å². The molecule has 0 fully saturated rings. The second-order valence-electron chi connectivity index (χ2n) is 18.7. The second kappa shape index (κ2) is 19.6. The molecule has 0 radical (unpaired) electrons. The van der Waals surface area contributed by atoms with Crippen LogP contribution in [-0.2, 0) is 41.7 Å². The van der Waals surface area contributed by atoms with Crippen molar-refractivity contribution in [1.29, 1.82) is 0 Å². The van der Waals surface area contributed by atoms with E-state index in [0.29, 0.717) is 33.6 Å². The summed E-state index contributed by atoms with van der Waals surface area (Å²) in [7, 11) is -9.14. The molecule has 0 aliphatic carbocycles. The third-order valence-corrected chi connectivity index (χ3v) is 14.7. The largest absolute Gasteiger partial charge is 0.748 e. The maximum atomic E-state index is 14.8. The Bertz CT molecular complexity index is 3570. The van der Waals surface area contributed by atoms with Crippen molar-refractivity contribution in [3.05, 3.63) is 133 Å². The summed E-state index contributed by atoms with van der Waals surface area (Å²) < 4.78 is 114. The Balaban J connectivity index is 1.42. The summed E-state index contributed by atoms with van der Waals surface area (Å²) in [6.07, 6.45) is 4.55. The molecule has 7 rings (SSSR count). The third kappa shape index (κ3) is 11.7. The number of amides is 3. The van der Waals surface area contributed by atoms with E-state index in [-0.39, 0.29) is 75.2 Å². The Kier molecular flexibility index (Phi) is 14.3. The minimum absolute atomic E-state index is 0.0188. The van der Waals surface area contributed by atoms with Crippen LogP contribution in [-0.4, -0.2) is 129 Å². The van der Waals surface area contributed by atoms with Crippen molar-refractivity contribution in [3.63, 3.8) is 0 Å². The molecule has 4 heterocycles. The van der Waals surface area contributed by atoms with Crippen LogP contribution in [0.5, 0.6) is 11.5 Å². The number of hydrogen-bond donors (Lipinski definition) is 4. The number of hydrogen-bond acceptors (Lipinski definition) is 14. The summed E-state index contributed by atoms with van der Waals surface area (Å²) in [5.41, 5.74) is 9.85. The van der Waals surface area contributed by atoms with Gasteiger partial charge in [0.05, 0.1) is 57.2 Å². The number of nitrogens with zero attached hydrogens (tertiary/aromatic N) is 7. The summed E-state index contributed by atoms with van der Waals surface area (Å²) in [6, 6.07) is 13.9. The Hall–Kier alpha value is -6.99. The Labute approximate surface area is 415 Å². The van der Waals surface area contributed by atoms with E-state index in [1.54, 1.807) is 62.6 Å². The summed E-state index contributed by atoms with van der Waals surface area (Å²) >= 11 is 0. The quantitative estimate of drug-likeness (QED) is 0.0362. The highest BCUT2D eigenvalue weighted by atomic mass is 32.2. The molecular weight excluding hydrogens is 995 g/mol. The molecule has 3 amide bonds. The van der Waals surface area contributed by atoms with Gasteiger partial charge in [0.15, 0.2) is 5.54 Å². The molecule has 0 spiro atoms. The molecule has 22 nitrogen and oxygen atoms in total. The SMILES string of the molecule is CN(CCS(=O)(=O)O)C(=O)c1cc(C(=O)NCCC(=O)Nc2ccc(CN=[N+]=[N-])nc2)ccc1C1=c2cc3c(cc2Oc2cc4c(cc21)C(CS(=O)(=O)[O-])=CC(C)(C)N4C)=[N+](C)C(C)(C)C=C3CS(=O)(=O)O. The van der Waals surface area contributed by atoms with E-state index >= 15 is 0 Å². The van der Waals surface area contributed by atoms with Crippen LogP contribution in [0.25, 0.3) is 27.2 Å². The maximum Gasteiger partial charge on any atom is 0.269 e. The number of azide groups is 1. The van der Waals surface area contributed by atoms with Crippen LogP contribution in [0.3, 0.4) is 0 Å². The molecule has 4 N–H and O–H groups in total. The predicted molar refractivity (Wildman–Crippen MR) is 267 cm³/mol. The van der Waals surface area contributed by atoms with Gasteiger partial charge in [-0.15, -0.1) is 0 Å². The van der Waals surface area contributed by atoms with E-state index in [4.69, 9.17) is 10.3 Å². The highest BCUT2D eigenvalue weighted by Crippen LogP contribution is 2.47. The van der Waals surface area contributed by atoms with Gasteiger partial charge in [0.25, 0.3) is 32.1 Å². The molecule has 0 saturated heterocycles. The van der Waals surface area contributed by atoms with Crippen molar-refractivity contribution in [2.24, 2.45) is 5.11 Å². The highest BCUT2D eigenvalue weighted by Gasteiger charge is 2.37. The molecular formula is C47H51N9O13S3. The van der Waals surface area contributed by atoms with Gasteiger partial charge in [-0.3, -0.25) is 28.5 Å². The van der Waals surface area contributed by atoms with Gasteiger partial charge < -0.3 is 29.7 Å². The lowest BCUT2D eigenvalue weighted by atomic mass is 9.83. The van der Waals surface area contributed by atoms with Crippen molar-refractivity contribution in [3.8, 4) is 11.5 Å². The number of nitrogens with one attached hydrogen (secondary N) is 2. The topological polar surface area (TPSA) is 322 Å². The van der Waals surface area contributed by atoms with Crippen LogP contribution in [0.1, 0.15) is 82.8 Å². The number of ether oxygens (including phenoxy) is 1. The number of likely N-dealkylation sites (N-methyl/N-ethyl adjacent to an activating group) is 2. The van der Waals surface area contributed by atoms with Gasteiger partial charge in [0.2, 0.25) is 11.3 Å². The van der Waals surface area contributed by atoms with Gasteiger partial charge in [-0.05, 0) is 78.6 Å². The van der Waals surface area contributed by atoms with E-state index in [1.165, 1.54) is 31.4 Å². The van der Waals surface area contributed by atoms with Crippen LogP contribution in [0.15, 0.2) is 78.1 Å². The lowest BCUT2D eigenvalue weighted by Crippen LogP contribution is -2.47. The van der Waals surface area contributed by atoms with Crippen molar-refractivity contribution < 1.29 is 58.0 Å². The van der Waals surface area contributed by atoms with E-state index in [0.717, 1.165) is 4.90 Å². The second-order valence-corrected chi connectivity index (χ2v) is 23.1. The molecule has 3 aliphatic rings. The average Bonchev–Trinajstić information content (AvgIpc) is 3.28. The number of pyridine rings is 1. The van der Waals surface area contributed by atoms with Crippen molar-refractivity contribution in [1.82, 2.24) is 19.8 Å². The molecule has 0 atom stereocenters. The smallest absolute Gasteiger partial charge is 0.269 e. The predicted octanol–water partition coefficient (Wildman–Crippen LogP) is 3.30. The molecule has 3 aliphatic heterocycles. The van der Waals surface area contributed by atoms with Gasteiger partial charge in [-0.2, -0.15) is 16.8 Å². The van der Waals surface area contributed by atoms with E-state index in [9.17, 15) is 53.3 Å². The van der Waals surface area contributed by atoms with Gasteiger partial charge in [-0.25, -0.2) is 13.0 Å². The van der Waals surface area contributed by atoms with Crippen LogP contribution in [0.4, 0.5) is 11.4 Å². The van der Waals surface area contributed by atoms with Crippen molar-refractivity contribution in [2.75, 3.05) is 61.7 Å². The molecule has 72 heavy (non-hydrogen) atoms. The number of fused-ring (bicyclic) bond motifs is 4. The molecule has 0 saturated carbocycles. The monoisotopic (exact) mass is 1050 g/mol. The summed E-state index contributed by atoms with van der Waals surface area (Å²) in [4.78, 5) is 51.2. The first-order valence-electron chi connectivity index (χ1n) is 22.1. The summed E-state index contributed by atoms with van der Waals surface area (Å²) in [5, 5.41) is 9.56. The zero-order valence-electron chi connectivity index (χ0n) is 40.1. The fraction of sp³-hybridized carbons (Fsp3) is 0.340. The molecule has 1 aromatic heterocycles. The first kappa shape index (κ1) is 52.8. The minimum atomic E-state index is -4.84. The van der Waals surface area contributed by atoms with E-state index in [1.807, 2.05) is 37.2 Å². The first-order valence-corrected chi connectivity index (χ1v) is 26.9. The molecule has 3 aromatic carbocycles. The molecule has 0 unspecified atom stereocenters. The third-order valence-electron chi connectivity index (χ3n) is 12.7. The van der Waals surface area contributed by atoms with Gasteiger partial charge in [-0.1, -0.05) is 17.3 Å². The molecule has 0 bridgehead atoms. The Morgan fingerprint density at radius 2 is 1.61 bits per heavy atom. The molecule has 25 heteroatoms. The van der Waals surface area contributed by atoms with Gasteiger partial charge >= 0.3 is 0 Å². The van der Waals surface area contributed by atoms with Gasteiger partial charge in [0, 0.05) is 103 Å². The van der Waals surface area contributed by atoms with Crippen LogP contribution in [0.2, 0.25) is 0 Å². The average molecular weight is 1050 g/mol. The lowest BCUT2D eigenvalue weighted by molar-refractivity contribution is -0.116. The van der Waals surface area contributed by atoms with E-state index in [2.05, 4.69) is 25.6 Å². The van der Waals surface area contributed by atoms with Crippen LogP contribution >= 0.6 is 0 Å². The number of carbonyl (C=O) groups is 3. The number of rotatable bonds is 16. The zero-order valence-corrected chi connectivity index (χ0v) is 42.6. The van der Waals surface area contributed by atoms with Crippen molar-refractivity contribution >= 4 is 76.2 Å². The lowest BCUT2D eigenvalue weighted by Gasteiger charge is -2.42. The summed E-state index contributed by atoms with van der Waals surface area (Å²) in [6.45, 7) is 6.73. The first-order chi connectivity index (χ1) is 33.4. The zero-order chi connectivity index (χ0) is 52.9. The summed E-state index contributed by atoms with van der Waals surface area (Å²) in [5.74, 6) is -4.04.